The average molecular weight is 327 g/mol. The van der Waals surface area contributed by atoms with Crippen LogP contribution in [0.4, 0.5) is 17.2 Å². The first-order valence-corrected chi connectivity index (χ1v) is 6.41. The minimum absolute atomic E-state index is 0.0895. The molecule has 0 saturated carbocycles. The van der Waals surface area contributed by atoms with Crippen molar-refractivity contribution in [2.45, 2.75) is 0 Å². The molecule has 1 heterocycles. The Labute approximate surface area is 128 Å². The topological polar surface area (TPSA) is 149 Å². The highest BCUT2D eigenvalue weighted by Gasteiger charge is 2.15. The minimum atomic E-state index is -0.535. The smallest absolute Gasteiger partial charge is 0.277 e. The van der Waals surface area contributed by atoms with Crippen LogP contribution in [0.5, 0.6) is 0 Å². The fraction of sp³-hybridized carbons (Fsp3) is 0.182. The second kappa shape index (κ2) is 6.72. The molecular weight excluding hydrogens is 316 g/mol. The van der Waals surface area contributed by atoms with Crippen LogP contribution in [0.1, 0.15) is 10.5 Å². The number of halogens is 1. The van der Waals surface area contributed by atoms with Gasteiger partial charge in [0.15, 0.2) is 0 Å². The number of amides is 1. The normalized spacial score (nSPS) is 10.2. The Morgan fingerprint density at radius 3 is 2.77 bits per heavy atom. The molecule has 0 atom stereocenters. The van der Waals surface area contributed by atoms with Crippen molar-refractivity contribution in [3.63, 3.8) is 0 Å². The van der Waals surface area contributed by atoms with Gasteiger partial charge < -0.3 is 16.4 Å². The molecule has 0 radical (unpaired) electrons. The molecule has 0 bridgehead atoms. The third kappa shape index (κ3) is 3.61. The maximum atomic E-state index is 11.6. The number of nitrogens with one attached hydrogen (secondary N) is 2. The zero-order chi connectivity index (χ0) is 16.1. The van der Waals surface area contributed by atoms with Gasteiger partial charge in [-0.15, -0.1) is 0 Å². The molecule has 10 nitrogen and oxygen atoms in total. The summed E-state index contributed by atoms with van der Waals surface area (Å²) in [6.45, 7) is 0.590. The number of nitro groups is 1. The lowest BCUT2D eigenvalue weighted by Gasteiger charge is -2.08. The second-order valence-corrected chi connectivity index (χ2v) is 4.51. The van der Waals surface area contributed by atoms with Crippen molar-refractivity contribution in [3.05, 3.63) is 39.0 Å². The Morgan fingerprint density at radius 2 is 2.18 bits per heavy atom. The van der Waals surface area contributed by atoms with Crippen LogP contribution in [-0.2, 0) is 0 Å². The molecule has 2 aromatic rings. The highest BCUT2D eigenvalue weighted by atomic mass is 35.5. The number of non-ortho nitro benzene ring substituents is 1. The summed E-state index contributed by atoms with van der Waals surface area (Å²) in [5.74, 6) is -0.612. The van der Waals surface area contributed by atoms with Gasteiger partial charge in [-0.25, -0.2) is 4.63 Å². The van der Waals surface area contributed by atoms with Crippen LogP contribution in [0, 0.1) is 10.1 Å². The molecule has 4 N–H and O–H groups in total. The first-order valence-electron chi connectivity index (χ1n) is 6.03. The number of rotatable bonds is 6. The summed E-state index contributed by atoms with van der Waals surface area (Å²) in [7, 11) is 0. The van der Waals surface area contributed by atoms with Gasteiger partial charge in [-0.2, -0.15) is 0 Å². The molecule has 0 fully saturated rings. The number of aromatic nitrogens is 2. The molecule has 0 aliphatic carbocycles. The van der Waals surface area contributed by atoms with Crippen LogP contribution in [0.2, 0.25) is 5.02 Å². The molecule has 2 rings (SSSR count). The van der Waals surface area contributed by atoms with Gasteiger partial charge in [0.2, 0.25) is 11.5 Å². The van der Waals surface area contributed by atoms with Crippen molar-refractivity contribution in [2.24, 2.45) is 0 Å². The zero-order valence-electron chi connectivity index (χ0n) is 11.1. The number of nitrogens with zero attached hydrogens (tertiary/aromatic N) is 3. The van der Waals surface area contributed by atoms with Gasteiger partial charge in [0.1, 0.15) is 0 Å². The van der Waals surface area contributed by atoms with Crippen LogP contribution in [0.25, 0.3) is 0 Å². The lowest BCUT2D eigenvalue weighted by atomic mass is 10.3. The van der Waals surface area contributed by atoms with Gasteiger partial charge in [0.05, 0.1) is 15.6 Å². The third-order valence-electron chi connectivity index (χ3n) is 2.62. The Bertz CT molecular complexity index is 704. The summed E-state index contributed by atoms with van der Waals surface area (Å²) in [6.07, 6.45) is 0. The number of carbonyl (C=O) groups excluding carboxylic acids is 1. The molecule has 116 valence electrons. The quantitative estimate of drug-likeness (QED) is 0.405. The SMILES string of the molecule is Nc1nonc1C(=O)NCCNc1ccc([N+](=O)[O-])cc1Cl. The molecule has 1 amide bonds. The molecule has 0 aliphatic rings. The van der Waals surface area contributed by atoms with E-state index in [2.05, 4.69) is 25.6 Å². The van der Waals surface area contributed by atoms with Crippen molar-refractivity contribution < 1.29 is 14.3 Å². The minimum Gasteiger partial charge on any atom is -0.382 e. The number of hydrogen-bond acceptors (Lipinski definition) is 8. The zero-order valence-corrected chi connectivity index (χ0v) is 11.8. The highest BCUT2D eigenvalue weighted by molar-refractivity contribution is 6.33. The van der Waals surface area contributed by atoms with Crippen molar-refractivity contribution >= 4 is 34.7 Å². The van der Waals surface area contributed by atoms with E-state index < -0.39 is 10.8 Å². The van der Waals surface area contributed by atoms with Gasteiger partial charge in [-0.3, -0.25) is 14.9 Å². The number of nitrogen functional groups attached to an aromatic ring is 1. The Morgan fingerprint density at radius 1 is 1.41 bits per heavy atom. The molecular formula is C11H11ClN6O4. The second-order valence-electron chi connectivity index (χ2n) is 4.10. The first-order chi connectivity index (χ1) is 10.5. The Balaban J connectivity index is 1.83. The molecule has 22 heavy (non-hydrogen) atoms. The monoisotopic (exact) mass is 326 g/mol. The van der Waals surface area contributed by atoms with E-state index in [4.69, 9.17) is 17.3 Å². The summed E-state index contributed by atoms with van der Waals surface area (Å²) in [4.78, 5) is 21.7. The van der Waals surface area contributed by atoms with E-state index in [1.54, 1.807) is 0 Å². The third-order valence-corrected chi connectivity index (χ3v) is 2.93. The predicted molar refractivity (Wildman–Crippen MR) is 77.6 cm³/mol. The molecule has 0 aliphatic heterocycles. The largest absolute Gasteiger partial charge is 0.382 e. The van der Waals surface area contributed by atoms with E-state index in [9.17, 15) is 14.9 Å². The Kier molecular flexibility index (Phi) is 4.73. The maximum Gasteiger partial charge on any atom is 0.277 e. The first kappa shape index (κ1) is 15.5. The van der Waals surface area contributed by atoms with E-state index in [1.807, 2.05) is 0 Å². The van der Waals surface area contributed by atoms with Crippen LogP contribution in [0.3, 0.4) is 0 Å². The molecule has 0 unspecified atom stereocenters. The van der Waals surface area contributed by atoms with E-state index in [0.717, 1.165) is 0 Å². The lowest BCUT2D eigenvalue weighted by Crippen LogP contribution is -2.29. The van der Waals surface area contributed by atoms with Crippen LogP contribution < -0.4 is 16.4 Å². The van der Waals surface area contributed by atoms with Crippen LogP contribution >= 0.6 is 11.6 Å². The number of nitro benzene ring substituents is 1. The average Bonchev–Trinajstić information content (AvgIpc) is 2.90. The summed E-state index contributed by atoms with van der Waals surface area (Å²) in [5.41, 5.74) is 5.71. The lowest BCUT2D eigenvalue weighted by molar-refractivity contribution is -0.384. The number of carbonyl (C=O) groups is 1. The van der Waals surface area contributed by atoms with Gasteiger partial charge in [-0.05, 0) is 16.4 Å². The van der Waals surface area contributed by atoms with Crippen LogP contribution in [0.15, 0.2) is 22.8 Å². The van der Waals surface area contributed by atoms with Gasteiger partial charge >= 0.3 is 0 Å². The van der Waals surface area contributed by atoms with Crippen molar-refractivity contribution in [3.8, 4) is 0 Å². The van der Waals surface area contributed by atoms with E-state index in [1.165, 1.54) is 18.2 Å². The standard InChI is InChI=1S/C11H11ClN6O4/c12-7-5-6(18(20)21)1-2-8(7)14-3-4-15-11(19)9-10(13)17-22-16-9/h1-2,5,14H,3-4H2,(H2,13,17)(H,15,19). The fourth-order valence-electron chi connectivity index (χ4n) is 1.57. The van der Waals surface area contributed by atoms with Crippen LogP contribution in [-0.4, -0.2) is 34.2 Å². The number of benzene rings is 1. The summed E-state index contributed by atoms with van der Waals surface area (Å²) in [5, 5.41) is 22.9. The fourth-order valence-corrected chi connectivity index (χ4v) is 1.81. The molecule has 11 heteroatoms. The van der Waals surface area contributed by atoms with Crippen molar-refractivity contribution in [1.82, 2.24) is 15.6 Å². The van der Waals surface area contributed by atoms with E-state index in [-0.39, 0.29) is 28.8 Å². The molecule has 1 aromatic heterocycles. The predicted octanol–water partition coefficient (Wildman–Crippen LogP) is 1.06. The molecule has 0 spiro atoms. The number of nitrogens with two attached hydrogens (primary N) is 1. The van der Waals surface area contributed by atoms with Crippen molar-refractivity contribution in [1.29, 1.82) is 0 Å². The number of anilines is 2. The van der Waals surface area contributed by atoms with Gasteiger partial charge in [0.25, 0.3) is 11.6 Å². The van der Waals surface area contributed by atoms with Gasteiger partial charge in [0, 0.05) is 25.2 Å². The van der Waals surface area contributed by atoms with Gasteiger partial charge in [-0.1, -0.05) is 11.6 Å². The van der Waals surface area contributed by atoms with Crippen molar-refractivity contribution in [2.75, 3.05) is 24.1 Å². The summed E-state index contributed by atoms with van der Waals surface area (Å²) >= 11 is 5.92. The maximum absolute atomic E-state index is 11.6. The highest BCUT2D eigenvalue weighted by Crippen LogP contribution is 2.26. The number of hydrogen-bond donors (Lipinski definition) is 3. The molecule has 0 saturated heterocycles. The summed E-state index contributed by atoms with van der Waals surface area (Å²) in [6, 6.07) is 4.06. The summed E-state index contributed by atoms with van der Waals surface area (Å²) < 4.78 is 4.31. The Hall–Kier alpha value is -2.88. The van der Waals surface area contributed by atoms with E-state index in [0.29, 0.717) is 12.2 Å². The van der Waals surface area contributed by atoms with E-state index >= 15 is 0 Å². The molecule has 1 aromatic carbocycles.